The van der Waals surface area contributed by atoms with Crippen molar-refractivity contribution in [3.05, 3.63) is 117 Å². The zero-order chi connectivity index (χ0) is 22.9. The third kappa shape index (κ3) is 4.01. The van der Waals surface area contributed by atoms with Crippen molar-refractivity contribution in [2.24, 2.45) is 0 Å². The van der Waals surface area contributed by atoms with Crippen LogP contribution in [-0.4, -0.2) is 19.6 Å². The standard InChI is InChI=1S/C24H18BrN5O2S/c25-16-9-11-17(12-10-16)29-23(22(27-24(29)33)20-7-1-2-13-26-20)21-8-4-14-28(21)18-5-3-6-19(15-18)30(31)32/h1-15,22-23H,(H,27,33)/t22-,23-/m0/s1. The van der Waals surface area contributed by atoms with Crippen molar-refractivity contribution >= 4 is 44.6 Å². The second-order valence-electron chi connectivity index (χ2n) is 7.55. The van der Waals surface area contributed by atoms with Crippen LogP contribution in [0.3, 0.4) is 0 Å². The number of halogens is 1. The first-order chi connectivity index (χ1) is 16.0. The predicted octanol–water partition coefficient (Wildman–Crippen LogP) is 5.72. The maximum Gasteiger partial charge on any atom is 0.271 e. The molecule has 0 bridgehead atoms. The highest BCUT2D eigenvalue weighted by atomic mass is 79.9. The number of rotatable bonds is 5. The van der Waals surface area contributed by atoms with Crippen LogP contribution in [-0.2, 0) is 0 Å². The normalized spacial score (nSPS) is 17.7. The molecule has 3 heterocycles. The largest absolute Gasteiger partial charge is 0.351 e. The highest BCUT2D eigenvalue weighted by Gasteiger charge is 2.42. The molecule has 0 radical (unpaired) electrons. The van der Waals surface area contributed by atoms with Crippen LogP contribution in [0.4, 0.5) is 11.4 Å². The van der Waals surface area contributed by atoms with Gasteiger partial charge in [-0.15, -0.1) is 0 Å². The molecule has 2 atom stereocenters. The van der Waals surface area contributed by atoms with Crippen molar-refractivity contribution in [3.63, 3.8) is 0 Å². The Kier molecular flexibility index (Phi) is 5.65. The van der Waals surface area contributed by atoms with Crippen molar-refractivity contribution < 1.29 is 4.92 Å². The van der Waals surface area contributed by atoms with Crippen molar-refractivity contribution in [1.29, 1.82) is 0 Å². The summed E-state index contributed by atoms with van der Waals surface area (Å²) in [5, 5.41) is 15.4. The first-order valence-corrected chi connectivity index (χ1v) is 11.4. The van der Waals surface area contributed by atoms with E-state index in [9.17, 15) is 10.1 Å². The van der Waals surface area contributed by atoms with E-state index >= 15 is 0 Å². The Morgan fingerprint density at radius 2 is 1.82 bits per heavy atom. The van der Waals surface area contributed by atoms with Crippen molar-refractivity contribution in [2.45, 2.75) is 12.1 Å². The van der Waals surface area contributed by atoms with E-state index < -0.39 is 0 Å². The molecule has 9 heteroatoms. The number of non-ortho nitro benzene ring substituents is 1. The smallest absolute Gasteiger partial charge is 0.271 e. The third-order valence-corrected chi connectivity index (χ3v) is 6.45. The molecule has 7 nitrogen and oxygen atoms in total. The van der Waals surface area contributed by atoms with Crippen LogP contribution in [0.5, 0.6) is 0 Å². The van der Waals surface area contributed by atoms with Gasteiger partial charge in [-0.3, -0.25) is 15.1 Å². The van der Waals surface area contributed by atoms with Gasteiger partial charge in [0.25, 0.3) is 5.69 Å². The Balaban J connectivity index is 1.66. The molecule has 2 aromatic carbocycles. The van der Waals surface area contributed by atoms with E-state index in [2.05, 4.69) is 31.1 Å². The maximum absolute atomic E-state index is 11.4. The van der Waals surface area contributed by atoms with E-state index in [4.69, 9.17) is 12.2 Å². The summed E-state index contributed by atoms with van der Waals surface area (Å²) in [5.41, 5.74) is 3.47. The minimum atomic E-state index is -0.385. The Labute approximate surface area is 204 Å². The summed E-state index contributed by atoms with van der Waals surface area (Å²) in [6, 6.07) is 23.9. The number of nitrogens with zero attached hydrogens (tertiary/aromatic N) is 4. The van der Waals surface area contributed by atoms with Crippen LogP contribution in [0, 0.1) is 10.1 Å². The average Bonchev–Trinajstić information content (AvgIpc) is 3.44. The lowest BCUT2D eigenvalue weighted by Gasteiger charge is -2.29. The summed E-state index contributed by atoms with van der Waals surface area (Å²) in [7, 11) is 0. The van der Waals surface area contributed by atoms with Gasteiger partial charge in [0.05, 0.1) is 22.3 Å². The molecule has 0 spiro atoms. The minimum absolute atomic E-state index is 0.0401. The Bertz CT molecular complexity index is 1330. The van der Waals surface area contributed by atoms with Crippen LogP contribution in [0.15, 0.2) is 95.7 Å². The molecule has 33 heavy (non-hydrogen) atoms. The summed E-state index contributed by atoms with van der Waals surface area (Å²) in [5.74, 6) is 0. The summed E-state index contributed by atoms with van der Waals surface area (Å²) < 4.78 is 2.94. The molecule has 1 saturated heterocycles. The SMILES string of the molecule is O=[N+]([O-])c1cccc(-n2cccc2[C@H]2[C@H](c3ccccn3)NC(=S)N2c2ccc(Br)cc2)c1. The quantitative estimate of drug-likeness (QED) is 0.206. The van der Waals surface area contributed by atoms with Gasteiger partial charge >= 0.3 is 0 Å². The molecule has 5 rings (SSSR count). The van der Waals surface area contributed by atoms with Gasteiger partial charge in [-0.05, 0) is 66.8 Å². The average molecular weight is 520 g/mol. The van der Waals surface area contributed by atoms with Gasteiger partial charge in [-0.25, -0.2) is 0 Å². The van der Waals surface area contributed by atoms with Gasteiger partial charge in [-0.2, -0.15) is 0 Å². The lowest BCUT2D eigenvalue weighted by atomic mass is 10.0. The summed E-state index contributed by atoms with van der Waals surface area (Å²) in [6.07, 6.45) is 3.67. The van der Waals surface area contributed by atoms with Gasteiger partial charge in [0.1, 0.15) is 6.04 Å². The number of hydrogen-bond acceptors (Lipinski definition) is 4. The lowest BCUT2D eigenvalue weighted by Crippen LogP contribution is -2.30. The molecule has 0 aliphatic carbocycles. The monoisotopic (exact) mass is 519 g/mol. The molecule has 2 aromatic heterocycles. The highest BCUT2D eigenvalue weighted by Crippen LogP contribution is 2.42. The second kappa shape index (κ2) is 8.76. The Hall–Kier alpha value is -3.56. The number of pyridine rings is 1. The first-order valence-electron chi connectivity index (χ1n) is 10.2. The number of nitro benzene ring substituents is 1. The molecular weight excluding hydrogens is 502 g/mol. The van der Waals surface area contributed by atoms with Crippen LogP contribution >= 0.6 is 28.1 Å². The fourth-order valence-corrected chi connectivity index (χ4v) is 4.77. The van der Waals surface area contributed by atoms with E-state index in [-0.39, 0.29) is 22.7 Å². The minimum Gasteiger partial charge on any atom is -0.351 e. The van der Waals surface area contributed by atoms with Crippen molar-refractivity contribution in [3.8, 4) is 5.69 Å². The summed E-state index contributed by atoms with van der Waals surface area (Å²) in [6.45, 7) is 0. The molecule has 0 unspecified atom stereocenters. The van der Waals surface area contributed by atoms with E-state index in [0.29, 0.717) is 10.8 Å². The number of hydrogen-bond donors (Lipinski definition) is 1. The van der Waals surface area contributed by atoms with E-state index in [1.165, 1.54) is 6.07 Å². The third-order valence-electron chi connectivity index (χ3n) is 5.60. The topological polar surface area (TPSA) is 76.2 Å². The van der Waals surface area contributed by atoms with Gasteiger partial charge in [0, 0.05) is 40.4 Å². The Morgan fingerprint density at radius 3 is 2.55 bits per heavy atom. The van der Waals surface area contributed by atoms with E-state index in [0.717, 1.165) is 21.5 Å². The summed E-state index contributed by atoms with van der Waals surface area (Å²) >= 11 is 9.27. The zero-order valence-electron chi connectivity index (χ0n) is 17.2. The molecule has 0 saturated carbocycles. The van der Waals surface area contributed by atoms with Crippen molar-refractivity contribution in [1.82, 2.24) is 14.9 Å². The molecule has 4 aromatic rings. The van der Waals surface area contributed by atoms with E-state index in [1.807, 2.05) is 71.4 Å². The van der Waals surface area contributed by atoms with Crippen LogP contribution in [0.2, 0.25) is 0 Å². The lowest BCUT2D eigenvalue weighted by molar-refractivity contribution is -0.384. The molecule has 1 aliphatic heterocycles. The fraction of sp³-hybridized carbons (Fsp3) is 0.0833. The molecular formula is C24H18BrN5O2S. The van der Waals surface area contributed by atoms with E-state index in [1.54, 1.807) is 18.3 Å². The molecule has 1 fully saturated rings. The Morgan fingerprint density at radius 1 is 1.00 bits per heavy atom. The van der Waals surface area contributed by atoms with Crippen LogP contribution < -0.4 is 10.2 Å². The second-order valence-corrected chi connectivity index (χ2v) is 8.86. The number of thiocarbonyl (C=S) groups is 1. The number of benzene rings is 2. The van der Waals surface area contributed by atoms with Gasteiger partial charge in [0.15, 0.2) is 5.11 Å². The van der Waals surface area contributed by atoms with Crippen molar-refractivity contribution in [2.75, 3.05) is 4.90 Å². The molecule has 1 aliphatic rings. The van der Waals surface area contributed by atoms with Gasteiger partial charge < -0.3 is 14.8 Å². The molecule has 164 valence electrons. The maximum atomic E-state index is 11.4. The molecule has 0 amide bonds. The number of anilines is 1. The number of nitro groups is 1. The fourth-order valence-electron chi connectivity index (χ4n) is 4.16. The van der Waals surface area contributed by atoms with Gasteiger partial charge in [0.2, 0.25) is 0 Å². The van der Waals surface area contributed by atoms with Crippen LogP contribution in [0.1, 0.15) is 23.5 Å². The number of nitrogens with one attached hydrogen (secondary N) is 1. The molecule has 1 N–H and O–H groups in total. The highest BCUT2D eigenvalue weighted by molar-refractivity contribution is 9.10. The summed E-state index contributed by atoms with van der Waals surface area (Å²) in [4.78, 5) is 17.6. The number of aromatic nitrogens is 2. The predicted molar refractivity (Wildman–Crippen MR) is 134 cm³/mol. The van der Waals surface area contributed by atoms with Crippen LogP contribution in [0.25, 0.3) is 5.69 Å². The first kappa shape index (κ1) is 21.3. The van der Waals surface area contributed by atoms with Gasteiger partial charge in [-0.1, -0.05) is 28.1 Å². The zero-order valence-corrected chi connectivity index (χ0v) is 19.6.